The number of aliphatic imine (C=N–C) groups is 1. The second kappa shape index (κ2) is 15.1. The Hall–Kier alpha value is -4.74. The Bertz CT molecular complexity index is 1790. The van der Waals surface area contributed by atoms with Crippen molar-refractivity contribution in [3.63, 3.8) is 0 Å². The fourth-order valence-corrected chi connectivity index (χ4v) is 5.09. The minimum Gasteiger partial charge on any atom is -0.508 e. The molecule has 0 spiro atoms. The quantitative estimate of drug-likeness (QED) is 0.0745. The lowest BCUT2D eigenvalue weighted by atomic mass is 10.0. The molecule has 0 amide bonds. The molecule has 7 nitrogen and oxygen atoms in total. The molecule has 4 N–H and O–H groups in total. The Morgan fingerprint density at radius 3 is 2.52 bits per heavy atom. The van der Waals surface area contributed by atoms with E-state index in [2.05, 4.69) is 28.1 Å². The summed E-state index contributed by atoms with van der Waals surface area (Å²) < 4.78 is 5.88. The zero-order valence-corrected chi connectivity index (χ0v) is 26.3. The first-order valence-electron chi connectivity index (χ1n) is 14.4. The van der Waals surface area contributed by atoms with Gasteiger partial charge in [0.15, 0.2) is 5.78 Å². The van der Waals surface area contributed by atoms with E-state index < -0.39 is 0 Å². The van der Waals surface area contributed by atoms with E-state index in [4.69, 9.17) is 10.5 Å². The summed E-state index contributed by atoms with van der Waals surface area (Å²) in [5.41, 5.74) is 10.1. The number of phenols is 1. The highest BCUT2D eigenvalue weighted by atomic mass is 32.2. The minimum atomic E-state index is -0.304. The first-order chi connectivity index (χ1) is 21.2. The second-order valence-corrected chi connectivity index (χ2v) is 11.6. The van der Waals surface area contributed by atoms with E-state index in [1.165, 1.54) is 26.0 Å². The number of nitrogens with zero attached hydrogens (tertiary/aromatic N) is 1. The molecule has 1 saturated carbocycles. The number of carbonyl (C=O) groups excluding carboxylic acids is 2. The van der Waals surface area contributed by atoms with Crippen LogP contribution in [-0.2, 0) is 6.42 Å². The van der Waals surface area contributed by atoms with Crippen molar-refractivity contribution < 1.29 is 19.4 Å². The smallest absolute Gasteiger partial charge is 0.212 e. The van der Waals surface area contributed by atoms with Crippen LogP contribution >= 0.6 is 11.8 Å². The molecule has 1 aromatic heterocycles. The molecule has 3 aromatic carbocycles. The van der Waals surface area contributed by atoms with Gasteiger partial charge in [-0.1, -0.05) is 18.1 Å². The van der Waals surface area contributed by atoms with Crippen LogP contribution in [-0.4, -0.2) is 46.4 Å². The third-order valence-electron chi connectivity index (χ3n) is 7.04. The van der Waals surface area contributed by atoms with Gasteiger partial charge in [-0.05, 0) is 99.9 Å². The van der Waals surface area contributed by atoms with Crippen LogP contribution in [0.4, 0.5) is 0 Å². The van der Waals surface area contributed by atoms with E-state index in [-0.39, 0.29) is 22.9 Å². The summed E-state index contributed by atoms with van der Waals surface area (Å²) in [7, 11) is 1.57. The lowest BCUT2D eigenvalue weighted by Crippen LogP contribution is -2.14. The number of rotatable bonds is 10. The number of ketones is 2. The number of hydrogen-bond donors (Lipinski definition) is 3. The van der Waals surface area contributed by atoms with Crippen molar-refractivity contribution >= 4 is 40.4 Å². The number of ether oxygens (including phenoxy) is 1. The number of phenolic OH excluding ortho intramolecular Hbond substituents is 1. The maximum absolute atomic E-state index is 13.3. The number of aromatic nitrogens is 1. The standard InChI is InChI=1S/C32H29N3O4.C4H8S/c1-4-6-21-7-5-8-25(15-21)39-26-12-9-22(31(37)18-26)10-13-28(33)27(19-34-3)32(38)30-17-24-16-23(20(2)36)11-14-29(24)35-30;1-5-4-2-3-4/h5,7-9,11-12,14-19,35,37H,10,13,33H2,1-3H3;4H,2-3H2,1H3/b28-27-,34-19?;. The van der Waals surface area contributed by atoms with Crippen LogP contribution in [0.15, 0.2) is 83.0 Å². The average Bonchev–Trinajstić information content (AvgIpc) is 3.76. The molecule has 44 heavy (non-hydrogen) atoms. The minimum absolute atomic E-state index is 0.0483. The van der Waals surface area contributed by atoms with Gasteiger partial charge in [-0.3, -0.25) is 14.6 Å². The van der Waals surface area contributed by atoms with Gasteiger partial charge in [0.1, 0.15) is 17.2 Å². The number of aryl methyl sites for hydroxylation is 1. The Morgan fingerprint density at radius 2 is 1.89 bits per heavy atom. The summed E-state index contributed by atoms with van der Waals surface area (Å²) in [4.78, 5) is 32.2. The lowest BCUT2D eigenvalue weighted by molar-refractivity contribution is 0.101. The summed E-state index contributed by atoms with van der Waals surface area (Å²) in [5, 5.41) is 12.4. The SMILES string of the molecule is CC#Cc1cccc(Oc2ccc(CC/C(N)=C(\C=NC)C(=O)c3cc4cc(C(C)=O)ccc4[nH]3)c(O)c2)c1.CSC1CC1. The van der Waals surface area contributed by atoms with Gasteiger partial charge in [-0.25, -0.2) is 0 Å². The van der Waals surface area contributed by atoms with Crippen LogP contribution in [0.2, 0.25) is 0 Å². The molecule has 0 bridgehead atoms. The van der Waals surface area contributed by atoms with Crippen molar-refractivity contribution in [2.24, 2.45) is 10.7 Å². The maximum Gasteiger partial charge on any atom is 0.212 e. The third-order valence-corrected chi connectivity index (χ3v) is 8.18. The number of thioether (sulfide) groups is 1. The molecule has 0 atom stereocenters. The zero-order valence-electron chi connectivity index (χ0n) is 25.4. The predicted molar refractivity (Wildman–Crippen MR) is 180 cm³/mol. The van der Waals surface area contributed by atoms with Gasteiger partial charge in [0.2, 0.25) is 5.78 Å². The van der Waals surface area contributed by atoms with Crippen LogP contribution in [0.25, 0.3) is 10.9 Å². The van der Waals surface area contributed by atoms with Gasteiger partial charge in [-0.2, -0.15) is 11.8 Å². The summed E-state index contributed by atoms with van der Waals surface area (Å²) in [6, 6.07) is 19.4. The number of aromatic amines is 1. The number of allylic oxidation sites excluding steroid dienone is 2. The van der Waals surface area contributed by atoms with Crippen molar-refractivity contribution in [1.29, 1.82) is 0 Å². The first kappa shape index (κ1) is 32.2. The summed E-state index contributed by atoms with van der Waals surface area (Å²) in [6.07, 6.45) is 7.30. The molecule has 1 heterocycles. The molecule has 226 valence electrons. The zero-order chi connectivity index (χ0) is 31.6. The maximum atomic E-state index is 13.3. The number of aromatic hydroxyl groups is 1. The normalized spacial score (nSPS) is 13.0. The highest BCUT2D eigenvalue weighted by molar-refractivity contribution is 7.99. The topological polar surface area (TPSA) is 118 Å². The number of carbonyl (C=O) groups is 2. The van der Waals surface area contributed by atoms with E-state index in [1.54, 1.807) is 56.4 Å². The van der Waals surface area contributed by atoms with Crippen molar-refractivity contribution in [3.05, 3.63) is 100 Å². The number of Topliss-reactive ketones (excluding diaryl/α,β-unsaturated/α-hetero) is 2. The van der Waals surface area contributed by atoms with E-state index in [0.717, 1.165) is 21.7 Å². The Kier molecular flexibility index (Phi) is 11.1. The van der Waals surface area contributed by atoms with Crippen molar-refractivity contribution in [2.45, 2.75) is 44.8 Å². The molecule has 5 rings (SSSR count). The van der Waals surface area contributed by atoms with Gasteiger partial charge in [0, 0.05) is 52.3 Å². The van der Waals surface area contributed by atoms with E-state index >= 15 is 0 Å². The largest absolute Gasteiger partial charge is 0.508 e. The van der Waals surface area contributed by atoms with Gasteiger partial charge >= 0.3 is 0 Å². The number of benzene rings is 3. The molecule has 0 saturated heterocycles. The first-order valence-corrected chi connectivity index (χ1v) is 15.7. The number of H-pyrrole nitrogens is 1. The summed E-state index contributed by atoms with van der Waals surface area (Å²) in [6.45, 7) is 3.27. The molecule has 1 fully saturated rings. The molecular weight excluding hydrogens is 570 g/mol. The molecular formula is C36H37N3O4S. The molecule has 1 aliphatic rings. The third kappa shape index (κ3) is 8.65. The fourth-order valence-electron chi connectivity index (χ4n) is 4.48. The monoisotopic (exact) mass is 607 g/mol. The van der Waals surface area contributed by atoms with Crippen molar-refractivity contribution in [1.82, 2.24) is 4.98 Å². The Morgan fingerprint density at radius 1 is 1.11 bits per heavy atom. The fraction of sp³-hybridized carbons (Fsp3) is 0.250. The highest BCUT2D eigenvalue weighted by Crippen LogP contribution is 2.31. The average molecular weight is 608 g/mol. The number of hydrogen-bond acceptors (Lipinski definition) is 7. The Labute approximate surface area is 262 Å². The predicted octanol–water partition coefficient (Wildman–Crippen LogP) is 7.48. The van der Waals surface area contributed by atoms with Gasteiger partial charge < -0.3 is 20.6 Å². The molecule has 0 aliphatic heterocycles. The number of nitrogens with one attached hydrogen (secondary N) is 1. The number of nitrogens with two attached hydrogens (primary N) is 1. The molecule has 1 aliphatic carbocycles. The van der Waals surface area contributed by atoms with Crippen LogP contribution in [0, 0.1) is 11.8 Å². The van der Waals surface area contributed by atoms with Crippen LogP contribution in [0.5, 0.6) is 17.2 Å². The van der Waals surface area contributed by atoms with E-state index in [9.17, 15) is 14.7 Å². The highest BCUT2D eigenvalue weighted by Gasteiger charge is 2.19. The second-order valence-electron chi connectivity index (χ2n) is 10.4. The van der Waals surface area contributed by atoms with Crippen molar-refractivity contribution in [2.75, 3.05) is 13.3 Å². The van der Waals surface area contributed by atoms with Crippen LogP contribution in [0.3, 0.4) is 0 Å². The number of fused-ring (bicyclic) bond motifs is 1. The van der Waals surface area contributed by atoms with Gasteiger partial charge in [0.25, 0.3) is 0 Å². The van der Waals surface area contributed by atoms with Gasteiger partial charge in [-0.15, -0.1) is 5.92 Å². The molecule has 0 unspecified atom stereocenters. The van der Waals surface area contributed by atoms with E-state index in [0.29, 0.717) is 46.9 Å². The van der Waals surface area contributed by atoms with Crippen LogP contribution < -0.4 is 10.5 Å². The van der Waals surface area contributed by atoms with Crippen LogP contribution in [0.1, 0.15) is 65.1 Å². The van der Waals surface area contributed by atoms with Crippen molar-refractivity contribution in [3.8, 4) is 29.1 Å². The molecule has 4 aromatic rings. The molecule has 0 radical (unpaired) electrons. The molecule has 8 heteroatoms. The lowest BCUT2D eigenvalue weighted by Gasteiger charge is -2.11. The summed E-state index contributed by atoms with van der Waals surface area (Å²) >= 11 is 1.99. The van der Waals surface area contributed by atoms with E-state index in [1.807, 2.05) is 36.0 Å². The summed E-state index contributed by atoms with van der Waals surface area (Å²) in [5.74, 6) is 6.67. The Balaban J connectivity index is 0.000000802. The van der Waals surface area contributed by atoms with Gasteiger partial charge in [0.05, 0.1) is 11.3 Å².